The zero-order valence-corrected chi connectivity index (χ0v) is 12.9. The number of primary amides is 1. The number of nitrogens with two attached hydrogens (primary N) is 1. The molecule has 1 fully saturated rings. The molecule has 114 valence electrons. The minimum atomic E-state index is -0.620. The molecule has 1 rings (SSSR count). The Balaban J connectivity index is 2.63. The van der Waals surface area contributed by atoms with Crippen LogP contribution in [0.1, 0.15) is 52.9 Å². The lowest BCUT2D eigenvalue weighted by molar-refractivity contribution is -0.126. The van der Waals surface area contributed by atoms with Gasteiger partial charge in [0.25, 0.3) is 0 Å². The molecule has 6 nitrogen and oxygen atoms in total. The summed E-state index contributed by atoms with van der Waals surface area (Å²) in [6, 6.07) is 0. The number of azide groups is 1. The lowest BCUT2D eigenvalue weighted by Crippen LogP contribution is -2.58. The monoisotopic (exact) mass is 281 g/mol. The number of hydrogen-bond donors (Lipinski definition) is 2. The van der Waals surface area contributed by atoms with Gasteiger partial charge in [0, 0.05) is 18.0 Å². The maximum atomic E-state index is 11.8. The van der Waals surface area contributed by atoms with E-state index in [2.05, 4.69) is 36.1 Å². The zero-order chi connectivity index (χ0) is 15.2. The summed E-state index contributed by atoms with van der Waals surface area (Å²) < 4.78 is 0. The van der Waals surface area contributed by atoms with Crippen LogP contribution in [0.25, 0.3) is 10.4 Å². The molecular weight excluding hydrogens is 254 g/mol. The van der Waals surface area contributed by atoms with Gasteiger partial charge in [-0.2, -0.15) is 0 Å². The van der Waals surface area contributed by atoms with Crippen LogP contribution in [0.15, 0.2) is 5.11 Å². The molecule has 0 atom stereocenters. The molecule has 0 aromatic carbocycles. The molecular formula is C14H27N5O. The van der Waals surface area contributed by atoms with Crippen LogP contribution in [0, 0.1) is 11.3 Å². The number of amides is 1. The van der Waals surface area contributed by atoms with Crippen molar-refractivity contribution >= 4 is 5.91 Å². The molecule has 3 N–H and O–H groups in total. The molecule has 0 bridgehead atoms. The van der Waals surface area contributed by atoms with Crippen molar-refractivity contribution in [1.82, 2.24) is 5.32 Å². The normalized spacial score (nSPS) is 26.9. The Morgan fingerprint density at radius 1 is 1.50 bits per heavy atom. The van der Waals surface area contributed by atoms with Gasteiger partial charge in [0.05, 0.1) is 5.54 Å². The van der Waals surface area contributed by atoms with Gasteiger partial charge in [0.2, 0.25) is 5.91 Å². The SMILES string of the molecule is CCC(C)(C)C1CCC(NCCN=[N+]=[N-])(C(N)=O)CC1. The van der Waals surface area contributed by atoms with E-state index in [1.54, 1.807) is 0 Å². The van der Waals surface area contributed by atoms with E-state index in [4.69, 9.17) is 11.3 Å². The van der Waals surface area contributed by atoms with E-state index in [1.165, 1.54) is 0 Å². The maximum absolute atomic E-state index is 11.8. The van der Waals surface area contributed by atoms with Crippen LogP contribution in [-0.2, 0) is 4.79 Å². The first kappa shape index (κ1) is 16.8. The smallest absolute Gasteiger partial charge is 0.237 e. The Kier molecular flexibility index (Phi) is 5.84. The summed E-state index contributed by atoms with van der Waals surface area (Å²) in [6.07, 6.45) is 4.71. The summed E-state index contributed by atoms with van der Waals surface area (Å²) in [7, 11) is 0. The first-order valence-electron chi connectivity index (χ1n) is 7.44. The molecule has 1 saturated carbocycles. The first-order valence-corrected chi connectivity index (χ1v) is 7.44. The Hall–Kier alpha value is -1.26. The fourth-order valence-electron chi connectivity index (χ4n) is 3.08. The molecule has 0 saturated heterocycles. The van der Waals surface area contributed by atoms with Crippen molar-refractivity contribution in [2.45, 2.75) is 58.4 Å². The lowest BCUT2D eigenvalue weighted by Gasteiger charge is -2.44. The van der Waals surface area contributed by atoms with Crippen LogP contribution < -0.4 is 11.1 Å². The fraction of sp³-hybridized carbons (Fsp3) is 0.929. The lowest BCUT2D eigenvalue weighted by atomic mass is 9.65. The Morgan fingerprint density at radius 3 is 2.55 bits per heavy atom. The van der Waals surface area contributed by atoms with Gasteiger partial charge in [-0.25, -0.2) is 0 Å². The largest absolute Gasteiger partial charge is 0.368 e. The third-order valence-corrected chi connectivity index (χ3v) is 5.07. The van der Waals surface area contributed by atoms with Gasteiger partial charge >= 0.3 is 0 Å². The van der Waals surface area contributed by atoms with Gasteiger partial charge in [0.1, 0.15) is 0 Å². The van der Waals surface area contributed by atoms with Gasteiger partial charge in [-0.15, -0.1) is 0 Å². The van der Waals surface area contributed by atoms with Gasteiger partial charge in [-0.05, 0) is 42.5 Å². The molecule has 0 aromatic rings. The predicted molar refractivity (Wildman–Crippen MR) is 80.0 cm³/mol. The highest BCUT2D eigenvalue weighted by atomic mass is 16.1. The molecule has 0 unspecified atom stereocenters. The minimum absolute atomic E-state index is 0.286. The highest BCUT2D eigenvalue weighted by Crippen LogP contribution is 2.43. The van der Waals surface area contributed by atoms with Crippen LogP contribution >= 0.6 is 0 Å². The van der Waals surface area contributed by atoms with Crippen molar-refractivity contribution in [3.63, 3.8) is 0 Å². The molecule has 0 heterocycles. The molecule has 0 radical (unpaired) electrons. The summed E-state index contributed by atoms with van der Waals surface area (Å²) in [5, 5.41) is 6.70. The first-order chi connectivity index (χ1) is 9.38. The highest BCUT2D eigenvalue weighted by Gasteiger charge is 2.42. The Morgan fingerprint density at radius 2 is 2.10 bits per heavy atom. The van der Waals surface area contributed by atoms with Crippen molar-refractivity contribution in [3.05, 3.63) is 10.4 Å². The number of hydrogen-bond acceptors (Lipinski definition) is 3. The predicted octanol–water partition coefficient (Wildman–Crippen LogP) is 2.74. The minimum Gasteiger partial charge on any atom is -0.368 e. The van der Waals surface area contributed by atoms with Crippen LogP contribution in [-0.4, -0.2) is 24.5 Å². The second kappa shape index (κ2) is 6.95. The second-order valence-electron chi connectivity index (χ2n) is 6.44. The summed E-state index contributed by atoms with van der Waals surface area (Å²) in [5.41, 5.74) is 13.6. The van der Waals surface area contributed by atoms with Crippen molar-refractivity contribution < 1.29 is 4.79 Å². The van der Waals surface area contributed by atoms with E-state index in [0.29, 0.717) is 24.4 Å². The van der Waals surface area contributed by atoms with Crippen molar-refractivity contribution in [2.75, 3.05) is 13.1 Å². The fourth-order valence-corrected chi connectivity index (χ4v) is 3.08. The van der Waals surface area contributed by atoms with Crippen LogP contribution in [0.2, 0.25) is 0 Å². The number of nitrogens with zero attached hydrogens (tertiary/aromatic N) is 3. The van der Waals surface area contributed by atoms with Gasteiger partial charge in [-0.1, -0.05) is 32.3 Å². The molecule has 0 aliphatic heterocycles. The molecule has 1 amide bonds. The topological polar surface area (TPSA) is 104 Å². The molecule has 1 aliphatic rings. The summed E-state index contributed by atoms with van der Waals surface area (Å²) >= 11 is 0. The quantitative estimate of drug-likeness (QED) is 0.324. The molecule has 0 spiro atoms. The van der Waals surface area contributed by atoms with Gasteiger partial charge < -0.3 is 11.1 Å². The highest BCUT2D eigenvalue weighted by molar-refractivity contribution is 5.84. The molecule has 6 heteroatoms. The van der Waals surface area contributed by atoms with Crippen LogP contribution in [0.5, 0.6) is 0 Å². The van der Waals surface area contributed by atoms with E-state index in [0.717, 1.165) is 32.1 Å². The van der Waals surface area contributed by atoms with Crippen LogP contribution in [0.4, 0.5) is 0 Å². The molecule has 0 aromatic heterocycles. The zero-order valence-electron chi connectivity index (χ0n) is 12.9. The second-order valence-corrected chi connectivity index (χ2v) is 6.44. The van der Waals surface area contributed by atoms with Gasteiger partial charge in [-0.3, -0.25) is 4.79 Å². The average Bonchev–Trinajstić information content (AvgIpc) is 2.44. The van der Waals surface area contributed by atoms with E-state index in [1.807, 2.05) is 0 Å². The number of rotatable bonds is 7. The van der Waals surface area contributed by atoms with E-state index < -0.39 is 5.54 Å². The van der Waals surface area contributed by atoms with Crippen molar-refractivity contribution in [1.29, 1.82) is 0 Å². The van der Waals surface area contributed by atoms with E-state index in [-0.39, 0.29) is 5.91 Å². The Labute approximate surface area is 121 Å². The average molecular weight is 281 g/mol. The Bertz CT molecular complexity index is 379. The van der Waals surface area contributed by atoms with E-state index >= 15 is 0 Å². The van der Waals surface area contributed by atoms with Crippen LogP contribution in [0.3, 0.4) is 0 Å². The summed E-state index contributed by atoms with van der Waals surface area (Å²) in [4.78, 5) is 14.5. The number of carbonyl (C=O) groups is 1. The summed E-state index contributed by atoms with van der Waals surface area (Å²) in [6.45, 7) is 7.65. The molecule has 1 aliphatic carbocycles. The van der Waals surface area contributed by atoms with Gasteiger partial charge in [0.15, 0.2) is 0 Å². The summed E-state index contributed by atoms with van der Waals surface area (Å²) in [5.74, 6) is 0.352. The molecule has 20 heavy (non-hydrogen) atoms. The third-order valence-electron chi connectivity index (χ3n) is 5.07. The van der Waals surface area contributed by atoms with E-state index in [9.17, 15) is 4.79 Å². The number of carbonyl (C=O) groups excluding carboxylic acids is 1. The maximum Gasteiger partial charge on any atom is 0.237 e. The van der Waals surface area contributed by atoms with Crippen molar-refractivity contribution in [2.24, 2.45) is 22.2 Å². The number of nitrogens with one attached hydrogen (secondary N) is 1. The standard InChI is InChI=1S/C14H27N5O/c1-4-13(2,3)11-5-7-14(8-6-11,12(15)20)17-9-10-18-19-16/h11,17H,4-10H2,1-3H3,(H2,15,20). The van der Waals surface area contributed by atoms with Crippen molar-refractivity contribution in [3.8, 4) is 0 Å². The third kappa shape index (κ3) is 3.87.